The minimum Gasteiger partial charge on any atom is -0.370 e. The van der Waals surface area contributed by atoms with E-state index >= 15 is 0 Å². The maximum atomic E-state index is 10.9. The zero-order valence-electron chi connectivity index (χ0n) is 11.6. The van der Waals surface area contributed by atoms with Gasteiger partial charge in [0.15, 0.2) is 0 Å². The lowest BCUT2D eigenvalue weighted by molar-refractivity contribution is -0.119. The van der Waals surface area contributed by atoms with Gasteiger partial charge in [0, 0.05) is 23.4 Å². The normalized spacial score (nSPS) is 16.6. The number of amides is 1. The van der Waals surface area contributed by atoms with Crippen molar-refractivity contribution in [2.45, 2.75) is 25.8 Å². The first-order valence-corrected chi connectivity index (χ1v) is 7.83. The van der Waals surface area contributed by atoms with Gasteiger partial charge in [-0.15, -0.1) is 11.3 Å². The summed E-state index contributed by atoms with van der Waals surface area (Å²) in [6, 6.07) is 2.06. The summed E-state index contributed by atoms with van der Waals surface area (Å²) >= 11 is 1.75. The summed E-state index contributed by atoms with van der Waals surface area (Å²) in [5, 5.41) is 2.08. The first-order valence-electron chi connectivity index (χ1n) is 6.95. The molecule has 0 saturated carbocycles. The van der Waals surface area contributed by atoms with Crippen molar-refractivity contribution in [3.05, 3.63) is 21.9 Å². The molecular weight excluding hydrogens is 270 g/mol. The SMILES string of the molecule is NCC#Cc1ccsc1CN1CCC(CC(N)=O)CC1. The molecule has 20 heavy (non-hydrogen) atoms. The van der Waals surface area contributed by atoms with Crippen molar-refractivity contribution in [3.63, 3.8) is 0 Å². The van der Waals surface area contributed by atoms with E-state index in [2.05, 4.69) is 28.2 Å². The first-order chi connectivity index (χ1) is 9.69. The van der Waals surface area contributed by atoms with Gasteiger partial charge in [-0.1, -0.05) is 11.8 Å². The van der Waals surface area contributed by atoms with Crippen LogP contribution < -0.4 is 11.5 Å². The highest BCUT2D eigenvalue weighted by Crippen LogP contribution is 2.24. The smallest absolute Gasteiger partial charge is 0.217 e. The summed E-state index contributed by atoms with van der Waals surface area (Å²) in [6.07, 6.45) is 2.64. The maximum Gasteiger partial charge on any atom is 0.217 e. The van der Waals surface area contributed by atoms with Crippen LogP contribution >= 0.6 is 11.3 Å². The second-order valence-electron chi connectivity index (χ2n) is 5.15. The fourth-order valence-corrected chi connectivity index (χ4v) is 3.43. The van der Waals surface area contributed by atoms with Gasteiger partial charge in [-0.05, 0) is 43.3 Å². The summed E-state index contributed by atoms with van der Waals surface area (Å²) in [6.45, 7) is 3.39. The minimum atomic E-state index is -0.180. The van der Waals surface area contributed by atoms with E-state index in [9.17, 15) is 4.79 Å². The van der Waals surface area contributed by atoms with Gasteiger partial charge < -0.3 is 11.5 Å². The highest BCUT2D eigenvalue weighted by atomic mass is 32.1. The molecule has 1 amide bonds. The molecule has 1 aliphatic rings. The van der Waals surface area contributed by atoms with Crippen LogP contribution in [0.3, 0.4) is 0 Å². The molecular formula is C15H21N3OS. The molecule has 1 aromatic heterocycles. The van der Waals surface area contributed by atoms with E-state index in [-0.39, 0.29) is 5.91 Å². The molecule has 1 saturated heterocycles. The monoisotopic (exact) mass is 291 g/mol. The summed E-state index contributed by atoms with van der Waals surface area (Å²) in [5.74, 6) is 6.32. The molecule has 1 aromatic rings. The number of thiophene rings is 1. The lowest BCUT2D eigenvalue weighted by atomic mass is 9.93. The molecule has 2 rings (SSSR count). The number of likely N-dealkylation sites (tertiary alicyclic amines) is 1. The molecule has 4 N–H and O–H groups in total. The Bertz CT molecular complexity index is 507. The molecule has 5 heteroatoms. The van der Waals surface area contributed by atoms with Crippen LogP contribution in [0.15, 0.2) is 11.4 Å². The van der Waals surface area contributed by atoms with Crippen molar-refractivity contribution in [2.75, 3.05) is 19.6 Å². The Morgan fingerprint density at radius 2 is 2.20 bits per heavy atom. The quantitative estimate of drug-likeness (QED) is 0.817. The highest BCUT2D eigenvalue weighted by molar-refractivity contribution is 7.10. The number of primary amides is 1. The summed E-state index contributed by atoms with van der Waals surface area (Å²) < 4.78 is 0. The molecule has 1 fully saturated rings. The number of rotatable bonds is 4. The Balaban J connectivity index is 1.86. The van der Waals surface area contributed by atoms with Crippen LogP contribution in [0.2, 0.25) is 0 Å². The van der Waals surface area contributed by atoms with Gasteiger partial charge in [0.05, 0.1) is 6.54 Å². The number of carbonyl (C=O) groups is 1. The van der Waals surface area contributed by atoms with Crippen molar-refractivity contribution in [1.29, 1.82) is 0 Å². The highest BCUT2D eigenvalue weighted by Gasteiger charge is 2.21. The Kier molecular flexibility index (Phi) is 5.60. The van der Waals surface area contributed by atoms with E-state index < -0.39 is 0 Å². The maximum absolute atomic E-state index is 10.9. The Hall–Kier alpha value is -1.35. The number of hydrogen-bond donors (Lipinski definition) is 2. The summed E-state index contributed by atoms with van der Waals surface area (Å²) in [7, 11) is 0. The number of carbonyl (C=O) groups excluding carboxylic acids is 1. The molecule has 0 aromatic carbocycles. The Morgan fingerprint density at radius 3 is 2.85 bits per heavy atom. The molecule has 0 spiro atoms. The van der Waals surface area contributed by atoms with Crippen LogP contribution in [-0.4, -0.2) is 30.4 Å². The van der Waals surface area contributed by atoms with Crippen molar-refractivity contribution < 1.29 is 4.79 Å². The second-order valence-corrected chi connectivity index (χ2v) is 6.15. The molecule has 108 valence electrons. The zero-order chi connectivity index (χ0) is 14.4. The minimum absolute atomic E-state index is 0.180. The first kappa shape index (κ1) is 15.0. The van der Waals surface area contributed by atoms with E-state index in [4.69, 9.17) is 11.5 Å². The standard InChI is InChI=1S/C15H21N3OS/c16-6-1-2-13-5-9-20-14(13)11-18-7-3-12(4-8-18)10-15(17)19/h5,9,12H,3-4,6-8,10-11,16H2,(H2,17,19). The van der Waals surface area contributed by atoms with E-state index in [0.29, 0.717) is 18.9 Å². The molecule has 0 bridgehead atoms. The van der Waals surface area contributed by atoms with Gasteiger partial charge in [0.2, 0.25) is 5.91 Å². The lowest BCUT2D eigenvalue weighted by Gasteiger charge is -2.31. The van der Waals surface area contributed by atoms with Gasteiger partial charge in [-0.2, -0.15) is 0 Å². The number of nitrogens with two attached hydrogens (primary N) is 2. The topological polar surface area (TPSA) is 72.3 Å². The van der Waals surface area contributed by atoms with E-state index in [1.54, 1.807) is 11.3 Å². The van der Waals surface area contributed by atoms with Crippen LogP contribution in [0.5, 0.6) is 0 Å². The van der Waals surface area contributed by atoms with E-state index in [0.717, 1.165) is 38.0 Å². The zero-order valence-corrected chi connectivity index (χ0v) is 12.4. The van der Waals surface area contributed by atoms with Gasteiger partial charge >= 0.3 is 0 Å². The predicted octanol–water partition coefficient (Wildman–Crippen LogP) is 1.15. The van der Waals surface area contributed by atoms with Gasteiger partial charge in [0.25, 0.3) is 0 Å². The van der Waals surface area contributed by atoms with Crippen molar-refractivity contribution in [3.8, 4) is 11.8 Å². The van der Waals surface area contributed by atoms with Crippen LogP contribution in [0.4, 0.5) is 0 Å². The summed E-state index contributed by atoms with van der Waals surface area (Å²) in [5.41, 5.74) is 11.8. The average molecular weight is 291 g/mol. The third-order valence-corrected chi connectivity index (χ3v) is 4.54. The van der Waals surface area contributed by atoms with Crippen LogP contribution in [0, 0.1) is 17.8 Å². The average Bonchev–Trinajstić information content (AvgIpc) is 2.85. The van der Waals surface area contributed by atoms with Crippen LogP contribution in [0.25, 0.3) is 0 Å². The van der Waals surface area contributed by atoms with Gasteiger partial charge in [-0.3, -0.25) is 9.69 Å². The molecule has 0 aliphatic carbocycles. The fraction of sp³-hybridized carbons (Fsp3) is 0.533. The van der Waals surface area contributed by atoms with Crippen LogP contribution in [-0.2, 0) is 11.3 Å². The van der Waals surface area contributed by atoms with E-state index in [1.807, 2.05) is 0 Å². The summed E-state index contributed by atoms with van der Waals surface area (Å²) in [4.78, 5) is 14.7. The molecule has 0 atom stereocenters. The molecule has 0 unspecified atom stereocenters. The number of piperidine rings is 1. The van der Waals surface area contributed by atoms with Crippen molar-refractivity contribution >= 4 is 17.2 Å². The van der Waals surface area contributed by atoms with Crippen LogP contribution in [0.1, 0.15) is 29.7 Å². The molecule has 1 aliphatic heterocycles. The van der Waals surface area contributed by atoms with Gasteiger partial charge in [-0.25, -0.2) is 0 Å². The third kappa shape index (κ3) is 4.34. The molecule has 0 radical (unpaired) electrons. The van der Waals surface area contributed by atoms with E-state index in [1.165, 1.54) is 4.88 Å². The van der Waals surface area contributed by atoms with Crippen molar-refractivity contribution in [2.24, 2.45) is 17.4 Å². The number of nitrogens with zero attached hydrogens (tertiary/aromatic N) is 1. The molecule has 4 nitrogen and oxygen atoms in total. The third-order valence-electron chi connectivity index (χ3n) is 3.63. The Labute approximate surface area is 124 Å². The predicted molar refractivity (Wildman–Crippen MR) is 82.1 cm³/mol. The fourth-order valence-electron chi connectivity index (χ4n) is 2.56. The van der Waals surface area contributed by atoms with Crippen molar-refractivity contribution in [1.82, 2.24) is 4.90 Å². The lowest BCUT2D eigenvalue weighted by Crippen LogP contribution is -2.34. The second kappa shape index (κ2) is 7.44. The molecule has 2 heterocycles. The Morgan fingerprint density at radius 1 is 1.45 bits per heavy atom. The van der Waals surface area contributed by atoms with Gasteiger partial charge in [0.1, 0.15) is 0 Å². The number of hydrogen-bond acceptors (Lipinski definition) is 4. The largest absolute Gasteiger partial charge is 0.370 e.